The van der Waals surface area contributed by atoms with Crippen LogP contribution in [0.1, 0.15) is 21.7 Å². The molecule has 3 N–H and O–H groups in total. The van der Waals surface area contributed by atoms with Crippen molar-refractivity contribution >= 4 is 17.4 Å². The lowest BCUT2D eigenvalue weighted by Crippen LogP contribution is -2.30. The molecular formula is C10H13N3O6S. The van der Waals surface area contributed by atoms with E-state index >= 15 is 0 Å². The molecule has 2 aliphatic heterocycles. The van der Waals surface area contributed by atoms with Gasteiger partial charge in [0.2, 0.25) is 5.82 Å². The lowest BCUT2D eigenvalue weighted by Gasteiger charge is -2.16. The Kier molecular flexibility index (Phi) is 3.67. The van der Waals surface area contributed by atoms with Gasteiger partial charge in [-0.1, -0.05) is 0 Å². The van der Waals surface area contributed by atoms with E-state index in [1.165, 1.54) is 7.11 Å². The van der Waals surface area contributed by atoms with Gasteiger partial charge in [0, 0.05) is 7.11 Å². The molecule has 2 saturated heterocycles. The monoisotopic (exact) mass is 303 g/mol. The molecule has 0 spiro atoms. The second-order valence-electron chi connectivity index (χ2n) is 4.32. The van der Waals surface area contributed by atoms with Crippen LogP contribution in [0.25, 0.3) is 0 Å². The predicted octanol–water partition coefficient (Wildman–Crippen LogP) is -1.22. The van der Waals surface area contributed by atoms with Gasteiger partial charge in [-0.3, -0.25) is 4.79 Å². The van der Waals surface area contributed by atoms with Crippen LogP contribution in [-0.4, -0.2) is 58.9 Å². The molecule has 1 aromatic heterocycles. The molecular weight excluding hydrogens is 290 g/mol. The third-order valence-corrected chi connectivity index (χ3v) is 3.90. The molecule has 3 heterocycles. The summed E-state index contributed by atoms with van der Waals surface area (Å²) in [5.41, 5.74) is 5.12. The molecule has 0 saturated carbocycles. The van der Waals surface area contributed by atoms with Crippen LogP contribution in [0.3, 0.4) is 0 Å². The zero-order valence-corrected chi connectivity index (χ0v) is 11.3. The molecule has 2 fully saturated rings. The summed E-state index contributed by atoms with van der Waals surface area (Å²) in [7, 11) is 1.45. The van der Waals surface area contributed by atoms with Crippen LogP contribution in [0.4, 0.5) is 0 Å². The van der Waals surface area contributed by atoms with Crippen LogP contribution < -0.4 is 5.73 Å². The first-order chi connectivity index (χ1) is 9.63. The number of amides is 1. The third kappa shape index (κ3) is 2.20. The lowest BCUT2D eigenvalue weighted by molar-refractivity contribution is -0.252. The highest BCUT2D eigenvalue weighted by atomic mass is 32.1. The number of nitrogens with zero attached hydrogens (tertiary/aromatic N) is 2. The van der Waals surface area contributed by atoms with Crippen LogP contribution in [0.2, 0.25) is 0 Å². The van der Waals surface area contributed by atoms with E-state index in [4.69, 9.17) is 24.7 Å². The maximum absolute atomic E-state index is 11.0. The Morgan fingerprint density at radius 1 is 1.45 bits per heavy atom. The van der Waals surface area contributed by atoms with E-state index in [0.717, 1.165) is 11.5 Å². The highest BCUT2D eigenvalue weighted by molar-refractivity contribution is 7.05. The topological polar surface area (TPSA) is 126 Å². The zero-order chi connectivity index (χ0) is 14.3. The van der Waals surface area contributed by atoms with Crippen LogP contribution in [0.15, 0.2) is 0 Å². The largest absolute Gasteiger partial charge is 0.394 e. The normalized spacial score (nSPS) is 36.2. The van der Waals surface area contributed by atoms with Crippen molar-refractivity contribution in [3.63, 3.8) is 0 Å². The fourth-order valence-electron chi connectivity index (χ4n) is 2.24. The number of hydrogen-bond acceptors (Lipinski definition) is 9. The number of primary amides is 1. The molecule has 0 bridgehead atoms. The molecule has 0 aromatic carbocycles. The van der Waals surface area contributed by atoms with Crippen molar-refractivity contribution in [2.45, 2.75) is 30.9 Å². The van der Waals surface area contributed by atoms with Crippen molar-refractivity contribution < 1.29 is 28.8 Å². The first-order valence-electron chi connectivity index (χ1n) is 5.87. The molecule has 0 radical (unpaired) electrons. The highest BCUT2D eigenvalue weighted by Crippen LogP contribution is 2.42. The molecule has 10 heteroatoms. The number of aliphatic hydroxyl groups is 1. The van der Waals surface area contributed by atoms with Gasteiger partial charge in [-0.25, -0.2) is 4.98 Å². The van der Waals surface area contributed by atoms with Gasteiger partial charge < -0.3 is 29.8 Å². The zero-order valence-electron chi connectivity index (χ0n) is 10.5. The Hall–Kier alpha value is -1.17. The van der Waals surface area contributed by atoms with Gasteiger partial charge in [0.05, 0.1) is 6.61 Å². The minimum absolute atomic E-state index is 0.0696. The number of methoxy groups -OCH3 is 1. The van der Waals surface area contributed by atoms with Crippen LogP contribution >= 0.6 is 11.5 Å². The Morgan fingerprint density at radius 3 is 2.80 bits per heavy atom. The average Bonchev–Trinajstić information content (AvgIpc) is 3.12. The van der Waals surface area contributed by atoms with Crippen LogP contribution in [0, 0.1) is 0 Å². The van der Waals surface area contributed by atoms with Crippen LogP contribution in [0.5, 0.6) is 0 Å². The summed E-state index contributed by atoms with van der Waals surface area (Å²) in [5, 5.41) is 9.77. The minimum atomic E-state index is -0.811. The maximum atomic E-state index is 11.0. The standard InChI is InChI=1S/C10H13N3O6S/c1-16-10-18-4-3(2-14)17-6(5(4)19-10)9-12-8(7(11)15)13-20-9/h3-6,10,14H,2H2,1H3,(H2,11,15)/t3-,4-,5-,6-,10?/m1/s1. The molecule has 9 nitrogen and oxygen atoms in total. The Balaban J connectivity index is 1.83. The molecule has 3 rings (SSSR count). The number of carbonyl (C=O) groups excluding carboxylic acids is 1. The summed E-state index contributed by atoms with van der Waals surface area (Å²) in [6, 6.07) is 0. The summed E-state index contributed by atoms with van der Waals surface area (Å²) in [5.74, 6) is -0.779. The molecule has 1 unspecified atom stereocenters. The smallest absolute Gasteiger partial charge is 0.287 e. The van der Waals surface area contributed by atoms with Gasteiger partial charge in [0.25, 0.3) is 12.4 Å². The fraction of sp³-hybridized carbons (Fsp3) is 0.700. The van der Waals surface area contributed by atoms with E-state index in [1.54, 1.807) is 0 Å². The summed E-state index contributed by atoms with van der Waals surface area (Å²) in [6.07, 6.45) is -2.07. The number of fused-ring (bicyclic) bond motifs is 1. The number of aromatic nitrogens is 2. The van der Waals surface area contributed by atoms with Crippen LogP contribution in [-0.2, 0) is 18.9 Å². The molecule has 110 valence electrons. The lowest BCUT2D eigenvalue weighted by atomic mass is 10.1. The number of nitrogens with two attached hydrogens (primary N) is 1. The summed E-state index contributed by atoms with van der Waals surface area (Å²) >= 11 is 1.00. The van der Waals surface area contributed by atoms with E-state index in [0.29, 0.717) is 5.01 Å². The van der Waals surface area contributed by atoms with Gasteiger partial charge in [0.15, 0.2) is 0 Å². The van der Waals surface area contributed by atoms with E-state index in [2.05, 4.69) is 9.36 Å². The number of aliphatic hydroxyl groups excluding tert-OH is 1. The Bertz CT molecular complexity index is 511. The third-order valence-electron chi connectivity index (χ3n) is 3.12. The number of hydrogen-bond donors (Lipinski definition) is 2. The van der Waals surface area contributed by atoms with Gasteiger partial charge >= 0.3 is 0 Å². The molecule has 1 aromatic rings. The fourth-order valence-corrected chi connectivity index (χ4v) is 2.97. The Morgan fingerprint density at radius 2 is 2.20 bits per heavy atom. The molecule has 2 aliphatic rings. The van der Waals surface area contributed by atoms with Crippen molar-refractivity contribution in [2.75, 3.05) is 13.7 Å². The predicted molar refractivity (Wildman–Crippen MR) is 63.7 cm³/mol. The SMILES string of the molecule is COC1O[C@@H]2[C@H](O1)[C@@H](CO)O[C@H]2c1nc(C(N)=O)ns1. The molecule has 20 heavy (non-hydrogen) atoms. The number of carbonyl (C=O) groups is 1. The highest BCUT2D eigenvalue weighted by Gasteiger charge is 2.54. The van der Waals surface area contributed by atoms with E-state index in [-0.39, 0.29) is 12.4 Å². The average molecular weight is 303 g/mol. The number of rotatable bonds is 4. The summed E-state index contributed by atoms with van der Waals surface area (Å²) in [4.78, 5) is 15.0. The van der Waals surface area contributed by atoms with Gasteiger partial charge in [0.1, 0.15) is 29.4 Å². The molecule has 0 aliphatic carbocycles. The van der Waals surface area contributed by atoms with Crippen molar-refractivity contribution in [3.05, 3.63) is 10.8 Å². The van der Waals surface area contributed by atoms with Gasteiger partial charge in [-0.15, -0.1) is 0 Å². The second kappa shape index (κ2) is 5.31. The van der Waals surface area contributed by atoms with Crippen molar-refractivity contribution in [1.29, 1.82) is 0 Å². The van der Waals surface area contributed by atoms with Gasteiger partial charge in [-0.2, -0.15) is 4.37 Å². The second-order valence-corrected chi connectivity index (χ2v) is 5.11. The van der Waals surface area contributed by atoms with E-state index < -0.39 is 36.8 Å². The first kappa shape index (κ1) is 13.8. The molecule has 1 amide bonds. The van der Waals surface area contributed by atoms with E-state index in [1.807, 2.05) is 0 Å². The van der Waals surface area contributed by atoms with Crippen molar-refractivity contribution in [1.82, 2.24) is 9.36 Å². The maximum Gasteiger partial charge on any atom is 0.287 e. The minimum Gasteiger partial charge on any atom is -0.394 e. The number of ether oxygens (including phenoxy) is 4. The van der Waals surface area contributed by atoms with Crippen molar-refractivity contribution in [3.8, 4) is 0 Å². The van der Waals surface area contributed by atoms with Crippen molar-refractivity contribution in [2.24, 2.45) is 5.73 Å². The Labute approximate surface area is 117 Å². The van der Waals surface area contributed by atoms with Gasteiger partial charge in [-0.05, 0) is 11.5 Å². The summed E-state index contributed by atoms with van der Waals surface area (Å²) < 4.78 is 25.5. The molecule has 5 atom stereocenters. The first-order valence-corrected chi connectivity index (χ1v) is 6.65. The van der Waals surface area contributed by atoms with E-state index in [9.17, 15) is 9.90 Å². The quantitative estimate of drug-likeness (QED) is 0.709. The summed E-state index contributed by atoms with van der Waals surface area (Å²) in [6.45, 7) is -1.03.